The minimum absolute atomic E-state index is 0.387. The highest BCUT2D eigenvalue weighted by molar-refractivity contribution is 9.11. The number of halogens is 1. The molecule has 0 aliphatic heterocycles. The van der Waals surface area contributed by atoms with Gasteiger partial charge in [-0.05, 0) is 59.8 Å². The van der Waals surface area contributed by atoms with Crippen molar-refractivity contribution in [2.24, 2.45) is 5.73 Å². The van der Waals surface area contributed by atoms with Crippen molar-refractivity contribution in [2.75, 3.05) is 0 Å². The average molecular weight is 272 g/mol. The zero-order valence-corrected chi connectivity index (χ0v) is 10.4. The summed E-state index contributed by atoms with van der Waals surface area (Å²) in [5, 5.41) is 0. The minimum atomic E-state index is 0.387. The monoisotopic (exact) mass is 271 g/mol. The summed E-state index contributed by atoms with van der Waals surface area (Å²) < 4.78 is 1.20. The van der Waals surface area contributed by atoms with Crippen LogP contribution in [0.5, 0.6) is 0 Å². The number of thiophene rings is 1. The molecule has 1 saturated carbocycles. The summed E-state index contributed by atoms with van der Waals surface area (Å²) in [7, 11) is 0. The molecule has 0 radical (unpaired) electrons. The van der Waals surface area contributed by atoms with Gasteiger partial charge >= 0.3 is 0 Å². The first-order chi connectivity index (χ1) is 6.74. The van der Waals surface area contributed by atoms with Gasteiger partial charge in [0.1, 0.15) is 0 Å². The molecule has 0 aromatic carbocycles. The molecule has 0 saturated heterocycles. The molecular formula is C11H14BrNS. The highest BCUT2D eigenvalue weighted by Gasteiger charge is 2.12. The predicted octanol–water partition coefficient (Wildman–Crippen LogP) is 3.80. The van der Waals surface area contributed by atoms with Crippen LogP contribution < -0.4 is 5.73 Å². The molecule has 1 heterocycles. The van der Waals surface area contributed by atoms with E-state index in [-0.39, 0.29) is 0 Å². The Bertz CT molecular complexity index is 343. The maximum absolute atomic E-state index is 5.94. The molecule has 1 aromatic heterocycles. The lowest BCUT2D eigenvalue weighted by Gasteiger charge is -2.20. The second kappa shape index (κ2) is 4.60. The Morgan fingerprint density at radius 2 is 2.36 bits per heavy atom. The van der Waals surface area contributed by atoms with Crippen LogP contribution in [0, 0.1) is 0 Å². The third-order valence-corrected chi connectivity index (χ3v) is 4.11. The average Bonchev–Trinajstić information content (AvgIpc) is 2.51. The Hall–Kier alpha value is -0.120. The van der Waals surface area contributed by atoms with E-state index in [0.29, 0.717) is 6.04 Å². The summed E-state index contributed by atoms with van der Waals surface area (Å²) >= 11 is 5.26. The highest BCUT2D eigenvalue weighted by Crippen LogP contribution is 2.28. The summed E-state index contributed by atoms with van der Waals surface area (Å²) in [4.78, 5) is 1.33. The van der Waals surface area contributed by atoms with Gasteiger partial charge in [0.15, 0.2) is 0 Å². The molecule has 14 heavy (non-hydrogen) atoms. The van der Waals surface area contributed by atoms with E-state index in [2.05, 4.69) is 34.1 Å². The minimum Gasteiger partial charge on any atom is -0.327 e. The van der Waals surface area contributed by atoms with Crippen molar-refractivity contribution in [3.63, 3.8) is 0 Å². The van der Waals surface area contributed by atoms with Crippen LogP contribution >= 0.6 is 27.3 Å². The Morgan fingerprint density at radius 3 is 3.00 bits per heavy atom. The molecule has 0 amide bonds. The first-order valence-corrected chi connectivity index (χ1v) is 6.55. The van der Waals surface area contributed by atoms with E-state index < -0.39 is 0 Å². The van der Waals surface area contributed by atoms with Gasteiger partial charge in [-0.1, -0.05) is 5.57 Å². The maximum atomic E-state index is 5.94. The molecule has 1 atom stereocenters. The van der Waals surface area contributed by atoms with Gasteiger partial charge in [-0.15, -0.1) is 11.3 Å². The van der Waals surface area contributed by atoms with Crippen molar-refractivity contribution in [3.05, 3.63) is 26.4 Å². The van der Waals surface area contributed by atoms with Gasteiger partial charge in [0.05, 0.1) is 3.79 Å². The second-order valence-electron chi connectivity index (χ2n) is 3.80. The third kappa shape index (κ3) is 2.69. The van der Waals surface area contributed by atoms with E-state index in [1.807, 2.05) is 0 Å². The van der Waals surface area contributed by atoms with E-state index in [4.69, 9.17) is 5.73 Å². The van der Waals surface area contributed by atoms with Crippen molar-refractivity contribution in [2.45, 2.75) is 31.7 Å². The zero-order chi connectivity index (χ0) is 9.97. The first-order valence-electron chi connectivity index (χ1n) is 4.94. The van der Waals surface area contributed by atoms with Gasteiger partial charge in [0, 0.05) is 10.9 Å². The van der Waals surface area contributed by atoms with Crippen molar-refractivity contribution >= 4 is 33.3 Å². The molecule has 1 aromatic rings. The molecule has 1 aliphatic carbocycles. The molecule has 1 nitrogen and oxygen atoms in total. The molecule has 3 heteroatoms. The lowest BCUT2D eigenvalue weighted by molar-refractivity contribution is 0.520. The second-order valence-corrected chi connectivity index (χ2v) is 6.30. The van der Waals surface area contributed by atoms with Crippen LogP contribution in [0.15, 0.2) is 21.5 Å². The number of nitrogens with two attached hydrogens (primary N) is 1. The molecule has 1 fully saturated rings. The van der Waals surface area contributed by atoms with E-state index in [1.165, 1.54) is 33.5 Å². The molecular weight excluding hydrogens is 258 g/mol. The molecule has 2 rings (SSSR count). The lowest BCUT2D eigenvalue weighted by atomic mass is 9.91. The predicted molar refractivity (Wildman–Crippen MR) is 66.4 cm³/mol. The quantitative estimate of drug-likeness (QED) is 0.826. The fraction of sp³-hybridized carbons (Fsp3) is 0.455. The Morgan fingerprint density at radius 1 is 1.50 bits per heavy atom. The standard InChI is InChI=1S/C11H14BrNS/c12-11-5-4-10(14-11)7-8-2-1-3-9(13)6-8/h4-5,7,9H,1-3,6,13H2. The summed E-state index contributed by atoms with van der Waals surface area (Å²) in [5.41, 5.74) is 7.45. The van der Waals surface area contributed by atoms with E-state index in [0.717, 1.165) is 6.42 Å². The normalized spacial score (nSPS) is 25.6. The van der Waals surface area contributed by atoms with Crippen LogP contribution in [0.1, 0.15) is 30.6 Å². The highest BCUT2D eigenvalue weighted by atomic mass is 79.9. The topological polar surface area (TPSA) is 26.0 Å². The Balaban J connectivity index is 2.09. The molecule has 1 aliphatic rings. The largest absolute Gasteiger partial charge is 0.327 e. The number of hydrogen-bond donors (Lipinski definition) is 1. The van der Waals surface area contributed by atoms with Crippen molar-refractivity contribution in [3.8, 4) is 0 Å². The fourth-order valence-electron chi connectivity index (χ4n) is 1.87. The summed E-state index contributed by atoms with van der Waals surface area (Å²) in [6, 6.07) is 4.64. The first kappa shape index (κ1) is 10.4. The summed E-state index contributed by atoms with van der Waals surface area (Å²) in [5.74, 6) is 0. The molecule has 0 bridgehead atoms. The third-order valence-electron chi connectivity index (χ3n) is 2.54. The number of hydrogen-bond acceptors (Lipinski definition) is 2. The SMILES string of the molecule is NC1CCCC(=Cc2ccc(Br)s2)C1. The van der Waals surface area contributed by atoms with Crippen molar-refractivity contribution < 1.29 is 0 Å². The van der Waals surface area contributed by atoms with Gasteiger partial charge in [0.2, 0.25) is 0 Å². The smallest absolute Gasteiger partial charge is 0.0704 e. The van der Waals surface area contributed by atoms with Crippen LogP contribution in [-0.4, -0.2) is 6.04 Å². The molecule has 2 N–H and O–H groups in total. The molecule has 0 spiro atoms. The van der Waals surface area contributed by atoms with Gasteiger partial charge in [-0.25, -0.2) is 0 Å². The van der Waals surface area contributed by atoms with Gasteiger partial charge in [-0.2, -0.15) is 0 Å². The van der Waals surface area contributed by atoms with E-state index in [9.17, 15) is 0 Å². The van der Waals surface area contributed by atoms with Crippen LogP contribution in [0.4, 0.5) is 0 Å². The van der Waals surface area contributed by atoms with Crippen LogP contribution in [0.3, 0.4) is 0 Å². The molecule has 76 valence electrons. The lowest BCUT2D eigenvalue weighted by Crippen LogP contribution is -2.23. The van der Waals surface area contributed by atoms with Gasteiger partial charge < -0.3 is 5.73 Å². The zero-order valence-electron chi connectivity index (χ0n) is 8.00. The Labute approximate surface area is 97.1 Å². The Kier molecular flexibility index (Phi) is 3.42. The van der Waals surface area contributed by atoms with Crippen LogP contribution in [0.2, 0.25) is 0 Å². The van der Waals surface area contributed by atoms with Crippen LogP contribution in [0.25, 0.3) is 6.08 Å². The van der Waals surface area contributed by atoms with Crippen molar-refractivity contribution in [1.82, 2.24) is 0 Å². The van der Waals surface area contributed by atoms with E-state index >= 15 is 0 Å². The maximum Gasteiger partial charge on any atom is 0.0704 e. The van der Waals surface area contributed by atoms with Crippen LogP contribution in [-0.2, 0) is 0 Å². The van der Waals surface area contributed by atoms with Crippen molar-refractivity contribution in [1.29, 1.82) is 0 Å². The fourth-order valence-corrected chi connectivity index (χ4v) is 3.29. The molecule has 1 unspecified atom stereocenters. The summed E-state index contributed by atoms with van der Waals surface area (Å²) in [6.07, 6.45) is 7.04. The summed E-state index contributed by atoms with van der Waals surface area (Å²) in [6.45, 7) is 0. The van der Waals surface area contributed by atoms with E-state index in [1.54, 1.807) is 11.3 Å². The number of rotatable bonds is 1. The van der Waals surface area contributed by atoms with Gasteiger partial charge in [0.25, 0.3) is 0 Å². The van der Waals surface area contributed by atoms with Gasteiger partial charge in [-0.3, -0.25) is 0 Å².